The number of hydrogen-bond donors (Lipinski definition) is 1. The lowest BCUT2D eigenvalue weighted by atomic mass is 10.3. The summed E-state index contributed by atoms with van der Waals surface area (Å²) in [6.45, 7) is 2.66. The summed E-state index contributed by atoms with van der Waals surface area (Å²) < 4.78 is 3.16. The molecule has 0 saturated heterocycles. The molecule has 0 unspecified atom stereocenters. The van der Waals surface area contributed by atoms with Crippen molar-refractivity contribution in [2.24, 2.45) is 5.73 Å². The van der Waals surface area contributed by atoms with Crippen LogP contribution >= 0.6 is 0 Å². The maximum Gasteiger partial charge on any atom is 0.258 e. The Labute approximate surface area is 114 Å². The van der Waals surface area contributed by atoms with Crippen LogP contribution in [0.4, 0.5) is 0 Å². The highest BCUT2D eigenvalue weighted by atomic mass is 16.1. The maximum atomic E-state index is 12.1. The van der Waals surface area contributed by atoms with Gasteiger partial charge in [0.25, 0.3) is 5.56 Å². The van der Waals surface area contributed by atoms with Crippen molar-refractivity contribution in [3.05, 3.63) is 57.9 Å². The summed E-state index contributed by atoms with van der Waals surface area (Å²) in [5.74, 6) is 0. The van der Waals surface area contributed by atoms with Crippen LogP contribution in [0.1, 0.15) is 17.0 Å². The van der Waals surface area contributed by atoms with Gasteiger partial charge in [-0.3, -0.25) is 9.20 Å². The fraction of sp³-hybridized carbons (Fsp3) is 0.231. The number of fused-ring (bicyclic) bond motifs is 1. The molecule has 3 aromatic rings. The van der Waals surface area contributed by atoms with Crippen molar-refractivity contribution in [2.75, 3.05) is 0 Å². The van der Waals surface area contributed by atoms with Gasteiger partial charge in [-0.15, -0.1) is 5.10 Å². The number of nitrogens with two attached hydrogens (primary N) is 1. The molecule has 3 rings (SSSR count). The van der Waals surface area contributed by atoms with Gasteiger partial charge in [-0.25, -0.2) is 9.67 Å². The van der Waals surface area contributed by atoms with E-state index < -0.39 is 0 Å². The normalized spacial score (nSPS) is 11.1. The highest BCUT2D eigenvalue weighted by Gasteiger charge is 2.06. The van der Waals surface area contributed by atoms with E-state index in [1.807, 2.05) is 19.1 Å². The zero-order valence-electron chi connectivity index (χ0n) is 11.0. The molecular weight excluding hydrogens is 256 g/mol. The number of pyridine rings is 1. The summed E-state index contributed by atoms with van der Waals surface area (Å²) in [7, 11) is 0. The Bertz CT molecular complexity index is 819. The molecular formula is C13H14N6O. The van der Waals surface area contributed by atoms with Crippen LogP contribution in [-0.4, -0.2) is 24.4 Å². The van der Waals surface area contributed by atoms with Gasteiger partial charge in [0.2, 0.25) is 0 Å². The second-order valence-electron chi connectivity index (χ2n) is 4.58. The van der Waals surface area contributed by atoms with Crippen LogP contribution in [0.5, 0.6) is 0 Å². The monoisotopic (exact) mass is 270 g/mol. The van der Waals surface area contributed by atoms with Crippen molar-refractivity contribution in [1.82, 2.24) is 24.4 Å². The Kier molecular flexibility index (Phi) is 3.03. The predicted molar refractivity (Wildman–Crippen MR) is 73.2 cm³/mol. The third-order valence-corrected chi connectivity index (χ3v) is 3.06. The molecule has 102 valence electrons. The van der Waals surface area contributed by atoms with E-state index in [9.17, 15) is 4.79 Å². The third kappa shape index (κ3) is 2.19. The van der Waals surface area contributed by atoms with Gasteiger partial charge < -0.3 is 5.73 Å². The third-order valence-electron chi connectivity index (χ3n) is 3.06. The Morgan fingerprint density at radius 3 is 2.95 bits per heavy atom. The molecule has 0 aliphatic carbocycles. The molecule has 0 aliphatic heterocycles. The number of nitrogens with zero attached hydrogens (tertiary/aromatic N) is 5. The summed E-state index contributed by atoms with van der Waals surface area (Å²) >= 11 is 0. The van der Waals surface area contributed by atoms with Crippen molar-refractivity contribution in [2.45, 2.75) is 20.0 Å². The van der Waals surface area contributed by atoms with Crippen molar-refractivity contribution in [3.8, 4) is 0 Å². The van der Waals surface area contributed by atoms with E-state index in [0.29, 0.717) is 30.1 Å². The van der Waals surface area contributed by atoms with E-state index >= 15 is 0 Å². The standard InChI is InChI=1S/C13H14N6O/c1-9-3-2-4-19-12(20)5-10(15-13(9)19)7-18-8-11(6-14)16-17-18/h2-5,8H,6-7,14H2,1H3. The first-order chi connectivity index (χ1) is 9.67. The predicted octanol–water partition coefficient (Wildman–Crippen LogP) is 0.101. The summed E-state index contributed by atoms with van der Waals surface area (Å²) in [5, 5.41) is 7.86. The first-order valence-corrected chi connectivity index (χ1v) is 6.24. The maximum absolute atomic E-state index is 12.1. The SMILES string of the molecule is Cc1cccn2c(=O)cc(Cn3cc(CN)nn3)nc12. The zero-order valence-corrected chi connectivity index (χ0v) is 11.0. The minimum Gasteiger partial charge on any atom is -0.325 e. The van der Waals surface area contributed by atoms with Crippen molar-refractivity contribution in [3.63, 3.8) is 0 Å². The largest absolute Gasteiger partial charge is 0.325 e. The second-order valence-corrected chi connectivity index (χ2v) is 4.58. The molecule has 0 aliphatic rings. The molecule has 0 radical (unpaired) electrons. The number of rotatable bonds is 3. The fourth-order valence-electron chi connectivity index (χ4n) is 2.07. The number of aromatic nitrogens is 5. The van der Waals surface area contributed by atoms with Gasteiger partial charge in [0, 0.05) is 18.8 Å². The van der Waals surface area contributed by atoms with Gasteiger partial charge in [-0.2, -0.15) is 0 Å². The van der Waals surface area contributed by atoms with Crippen molar-refractivity contribution in [1.29, 1.82) is 0 Å². The molecule has 7 nitrogen and oxygen atoms in total. The van der Waals surface area contributed by atoms with Crippen LogP contribution in [0.2, 0.25) is 0 Å². The molecule has 7 heteroatoms. The molecule has 0 fully saturated rings. The van der Waals surface area contributed by atoms with Crippen molar-refractivity contribution < 1.29 is 0 Å². The number of aryl methyl sites for hydroxylation is 1. The highest BCUT2D eigenvalue weighted by Crippen LogP contribution is 2.06. The average Bonchev–Trinajstić information content (AvgIpc) is 2.88. The lowest BCUT2D eigenvalue weighted by Crippen LogP contribution is -2.17. The van der Waals surface area contributed by atoms with Crippen LogP contribution in [0.15, 0.2) is 35.4 Å². The minimum absolute atomic E-state index is 0.104. The lowest BCUT2D eigenvalue weighted by molar-refractivity contribution is 0.637. The molecule has 0 spiro atoms. The van der Waals surface area contributed by atoms with Crippen LogP contribution in [-0.2, 0) is 13.1 Å². The Hall–Kier alpha value is -2.54. The molecule has 2 N–H and O–H groups in total. The molecule has 0 saturated carbocycles. The van der Waals surface area contributed by atoms with E-state index in [-0.39, 0.29) is 5.56 Å². The van der Waals surface area contributed by atoms with Crippen LogP contribution in [0.25, 0.3) is 5.65 Å². The Morgan fingerprint density at radius 1 is 1.35 bits per heavy atom. The average molecular weight is 270 g/mol. The van der Waals surface area contributed by atoms with E-state index in [4.69, 9.17) is 5.73 Å². The highest BCUT2D eigenvalue weighted by molar-refractivity contribution is 5.46. The zero-order chi connectivity index (χ0) is 14.1. The van der Waals surface area contributed by atoms with Gasteiger partial charge in [-0.1, -0.05) is 11.3 Å². The van der Waals surface area contributed by atoms with Crippen LogP contribution in [0.3, 0.4) is 0 Å². The first kappa shape index (κ1) is 12.5. The van der Waals surface area contributed by atoms with Gasteiger partial charge in [-0.05, 0) is 18.6 Å². The molecule has 0 atom stereocenters. The van der Waals surface area contributed by atoms with E-state index in [2.05, 4.69) is 15.3 Å². The molecule has 0 aromatic carbocycles. The molecule has 3 heterocycles. The number of hydrogen-bond acceptors (Lipinski definition) is 5. The van der Waals surface area contributed by atoms with Crippen molar-refractivity contribution >= 4 is 5.65 Å². The van der Waals surface area contributed by atoms with Gasteiger partial charge >= 0.3 is 0 Å². The van der Waals surface area contributed by atoms with E-state index in [0.717, 1.165) is 5.56 Å². The molecule has 0 amide bonds. The molecule has 20 heavy (non-hydrogen) atoms. The lowest BCUT2D eigenvalue weighted by Gasteiger charge is -2.05. The van der Waals surface area contributed by atoms with Crippen LogP contribution < -0.4 is 11.3 Å². The molecule has 3 aromatic heterocycles. The van der Waals surface area contributed by atoms with E-state index in [1.54, 1.807) is 17.1 Å². The summed E-state index contributed by atoms with van der Waals surface area (Å²) in [6.07, 6.45) is 3.46. The molecule has 0 bridgehead atoms. The summed E-state index contributed by atoms with van der Waals surface area (Å²) in [4.78, 5) is 16.6. The second kappa shape index (κ2) is 4.86. The van der Waals surface area contributed by atoms with Gasteiger partial charge in [0.05, 0.1) is 24.1 Å². The summed E-state index contributed by atoms with van der Waals surface area (Å²) in [6, 6.07) is 5.26. The topological polar surface area (TPSA) is 91.1 Å². The van der Waals surface area contributed by atoms with Crippen LogP contribution in [0, 0.1) is 6.92 Å². The van der Waals surface area contributed by atoms with E-state index in [1.165, 1.54) is 10.5 Å². The van der Waals surface area contributed by atoms with Gasteiger partial charge in [0.15, 0.2) is 0 Å². The first-order valence-electron chi connectivity index (χ1n) is 6.24. The Morgan fingerprint density at radius 2 is 2.20 bits per heavy atom. The Balaban J connectivity index is 2.04. The smallest absolute Gasteiger partial charge is 0.258 e. The summed E-state index contributed by atoms with van der Waals surface area (Å²) in [5.41, 5.74) is 8.36. The fourth-order valence-corrected chi connectivity index (χ4v) is 2.07. The quantitative estimate of drug-likeness (QED) is 0.729. The minimum atomic E-state index is -0.104. The van der Waals surface area contributed by atoms with Gasteiger partial charge in [0.1, 0.15) is 5.65 Å².